The van der Waals surface area contributed by atoms with E-state index < -0.39 is 17.7 Å². The molecule has 0 bridgehead atoms. The van der Waals surface area contributed by atoms with Crippen LogP contribution in [0.1, 0.15) is 47.2 Å². The lowest BCUT2D eigenvalue weighted by molar-refractivity contribution is 0.0526. The van der Waals surface area contributed by atoms with E-state index in [0.717, 1.165) is 0 Å². The quantitative estimate of drug-likeness (QED) is 0.652. The molecule has 0 fully saturated rings. The van der Waals surface area contributed by atoms with Gasteiger partial charge >= 0.3 is 12.1 Å². The molecule has 0 unspecified atom stereocenters. The van der Waals surface area contributed by atoms with Crippen LogP contribution in [-0.2, 0) is 4.74 Å². The van der Waals surface area contributed by atoms with Gasteiger partial charge < -0.3 is 20.5 Å². The number of carboxylic acid groups (broad SMARTS) is 1. The molecule has 1 aromatic heterocycles. The number of nitrogens with one attached hydrogen (secondary N) is 2. The van der Waals surface area contributed by atoms with Crippen molar-refractivity contribution >= 4 is 18.0 Å². The Bertz CT molecular complexity index is 865. The molecule has 9 heteroatoms. The predicted molar refractivity (Wildman–Crippen MR) is 102 cm³/mol. The Morgan fingerprint density at radius 2 is 1.71 bits per heavy atom. The number of carbonyl (C=O) groups is 3. The molecule has 0 aliphatic carbocycles. The molecule has 3 N–H and O–H groups in total. The lowest BCUT2D eigenvalue weighted by Gasteiger charge is -2.19. The highest BCUT2D eigenvalue weighted by molar-refractivity contribution is 5.94. The fourth-order valence-electron chi connectivity index (χ4n) is 2.39. The van der Waals surface area contributed by atoms with Gasteiger partial charge in [-0.1, -0.05) is 0 Å². The molecule has 2 amide bonds. The summed E-state index contributed by atoms with van der Waals surface area (Å²) < 4.78 is 6.60. The van der Waals surface area contributed by atoms with E-state index in [0.29, 0.717) is 16.9 Å². The van der Waals surface area contributed by atoms with Crippen LogP contribution in [0.5, 0.6) is 0 Å². The van der Waals surface area contributed by atoms with Crippen molar-refractivity contribution in [2.75, 3.05) is 13.1 Å². The first-order valence-electron chi connectivity index (χ1n) is 8.72. The Morgan fingerprint density at radius 1 is 1.11 bits per heavy atom. The molecule has 1 heterocycles. The standard InChI is InChI=1S/C19H24N4O5/c1-12-15(17(25)26)11-22-23(12)14-7-5-13(6-8-14)16(24)20-9-10-21-18(27)28-19(2,3)4/h5-8,11H,9-10H2,1-4H3,(H,20,24)(H,21,27)(H,25,26). The summed E-state index contributed by atoms with van der Waals surface area (Å²) in [6.45, 7) is 7.46. The van der Waals surface area contributed by atoms with Crippen molar-refractivity contribution in [1.82, 2.24) is 20.4 Å². The zero-order valence-electron chi connectivity index (χ0n) is 16.3. The zero-order valence-corrected chi connectivity index (χ0v) is 16.3. The summed E-state index contributed by atoms with van der Waals surface area (Å²) in [5.74, 6) is -1.33. The number of ether oxygens (including phenoxy) is 1. The third-order valence-corrected chi connectivity index (χ3v) is 3.69. The number of hydrogen-bond donors (Lipinski definition) is 3. The monoisotopic (exact) mass is 388 g/mol. The number of benzene rings is 1. The number of aromatic carboxylic acids is 1. The van der Waals surface area contributed by atoms with Crippen LogP contribution in [0.25, 0.3) is 5.69 Å². The molecule has 2 rings (SSSR count). The first-order valence-corrected chi connectivity index (χ1v) is 8.72. The summed E-state index contributed by atoms with van der Waals surface area (Å²) >= 11 is 0. The molecule has 0 saturated carbocycles. The largest absolute Gasteiger partial charge is 0.478 e. The number of carbonyl (C=O) groups excluding carboxylic acids is 2. The van der Waals surface area contributed by atoms with E-state index in [1.807, 2.05) is 0 Å². The van der Waals surface area contributed by atoms with E-state index in [4.69, 9.17) is 9.84 Å². The maximum atomic E-state index is 12.2. The van der Waals surface area contributed by atoms with Gasteiger partial charge in [0.05, 0.1) is 17.6 Å². The molecule has 0 radical (unpaired) electrons. The lowest BCUT2D eigenvalue weighted by atomic mass is 10.2. The van der Waals surface area contributed by atoms with Crippen molar-refractivity contribution in [3.05, 3.63) is 47.3 Å². The molecule has 0 aliphatic heterocycles. The molecule has 0 spiro atoms. The SMILES string of the molecule is Cc1c(C(=O)O)cnn1-c1ccc(C(=O)NCCNC(=O)OC(C)(C)C)cc1. The first-order chi connectivity index (χ1) is 13.1. The summed E-state index contributed by atoms with van der Waals surface area (Å²) in [7, 11) is 0. The van der Waals surface area contributed by atoms with Gasteiger partial charge in [-0.05, 0) is 52.0 Å². The molecule has 1 aromatic carbocycles. The zero-order chi connectivity index (χ0) is 20.9. The second-order valence-corrected chi connectivity index (χ2v) is 7.09. The summed E-state index contributed by atoms with van der Waals surface area (Å²) in [6.07, 6.45) is 0.747. The van der Waals surface area contributed by atoms with E-state index in [2.05, 4.69) is 15.7 Å². The van der Waals surface area contributed by atoms with Crippen molar-refractivity contribution in [3.8, 4) is 5.69 Å². The predicted octanol–water partition coefficient (Wildman–Crippen LogP) is 2.13. The number of hydrogen-bond acceptors (Lipinski definition) is 5. The van der Waals surface area contributed by atoms with Gasteiger partial charge in [0.25, 0.3) is 5.91 Å². The van der Waals surface area contributed by atoms with E-state index in [-0.39, 0.29) is 24.6 Å². The maximum Gasteiger partial charge on any atom is 0.407 e. The Kier molecular flexibility index (Phi) is 6.40. The van der Waals surface area contributed by atoms with Gasteiger partial charge in [-0.15, -0.1) is 0 Å². The molecule has 9 nitrogen and oxygen atoms in total. The second-order valence-electron chi connectivity index (χ2n) is 7.09. The molecule has 0 saturated heterocycles. The second kappa shape index (κ2) is 8.55. The Hall–Kier alpha value is -3.36. The van der Waals surface area contributed by atoms with E-state index >= 15 is 0 Å². The average Bonchev–Trinajstić information content (AvgIpc) is 2.99. The minimum Gasteiger partial charge on any atom is -0.478 e. The van der Waals surface area contributed by atoms with Crippen molar-refractivity contribution in [1.29, 1.82) is 0 Å². The molecule has 0 aliphatic rings. The average molecular weight is 388 g/mol. The van der Waals surface area contributed by atoms with Crippen LogP contribution >= 0.6 is 0 Å². The normalized spacial score (nSPS) is 11.0. The fraction of sp³-hybridized carbons (Fsp3) is 0.368. The fourth-order valence-corrected chi connectivity index (χ4v) is 2.39. The molecular formula is C19H24N4O5. The third-order valence-electron chi connectivity index (χ3n) is 3.69. The number of rotatable bonds is 6. The van der Waals surface area contributed by atoms with Crippen LogP contribution in [0.2, 0.25) is 0 Å². The van der Waals surface area contributed by atoms with E-state index in [1.165, 1.54) is 10.9 Å². The number of alkyl carbamates (subject to hydrolysis) is 1. The molecule has 0 atom stereocenters. The Balaban J connectivity index is 1.89. The number of nitrogens with zero attached hydrogens (tertiary/aromatic N) is 2. The highest BCUT2D eigenvalue weighted by atomic mass is 16.6. The topological polar surface area (TPSA) is 123 Å². The van der Waals surface area contributed by atoms with Crippen molar-refractivity contribution in [2.45, 2.75) is 33.3 Å². The van der Waals surface area contributed by atoms with Crippen molar-refractivity contribution < 1.29 is 24.2 Å². The number of carboxylic acids is 1. The number of aromatic nitrogens is 2. The minimum atomic E-state index is -1.04. The summed E-state index contributed by atoms with van der Waals surface area (Å²) in [6, 6.07) is 6.60. The Labute approximate surface area is 162 Å². The van der Waals surface area contributed by atoms with Gasteiger partial charge in [-0.2, -0.15) is 5.10 Å². The van der Waals surface area contributed by atoms with Crippen LogP contribution in [0.3, 0.4) is 0 Å². The van der Waals surface area contributed by atoms with Gasteiger partial charge in [0.2, 0.25) is 0 Å². The van der Waals surface area contributed by atoms with Crippen LogP contribution in [0.15, 0.2) is 30.5 Å². The van der Waals surface area contributed by atoms with Gasteiger partial charge in [0, 0.05) is 18.7 Å². The van der Waals surface area contributed by atoms with Crippen LogP contribution in [0.4, 0.5) is 4.79 Å². The smallest absolute Gasteiger partial charge is 0.407 e. The van der Waals surface area contributed by atoms with E-state index in [9.17, 15) is 14.4 Å². The van der Waals surface area contributed by atoms with E-state index in [1.54, 1.807) is 52.0 Å². The maximum absolute atomic E-state index is 12.2. The summed E-state index contributed by atoms with van der Waals surface area (Å²) in [5.41, 5.74) is 1.13. The van der Waals surface area contributed by atoms with Crippen LogP contribution in [-0.4, -0.2) is 51.5 Å². The van der Waals surface area contributed by atoms with Gasteiger partial charge in [-0.3, -0.25) is 4.79 Å². The Morgan fingerprint density at radius 3 is 2.25 bits per heavy atom. The molecule has 28 heavy (non-hydrogen) atoms. The minimum absolute atomic E-state index is 0.124. The van der Waals surface area contributed by atoms with Gasteiger partial charge in [0.1, 0.15) is 11.2 Å². The van der Waals surface area contributed by atoms with Crippen LogP contribution in [0, 0.1) is 6.92 Å². The molecule has 2 aromatic rings. The van der Waals surface area contributed by atoms with Crippen molar-refractivity contribution in [3.63, 3.8) is 0 Å². The van der Waals surface area contributed by atoms with Crippen LogP contribution < -0.4 is 10.6 Å². The lowest BCUT2D eigenvalue weighted by Crippen LogP contribution is -2.37. The summed E-state index contributed by atoms with van der Waals surface area (Å²) in [4.78, 5) is 34.8. The van der Waals surface area contributed by atoms with Gasteiger partial charge in [-0.25, -0.2) is 14.3 Å². The molecule has 150 valence electrons. The highest BCUT2D eigenvalue weighted by Gasteiger charge is 2.16. The first kappa shape index (κ1) is 20.9. The molecular weight excluding hydrogens is 364 g/mol. The highest BCUT2D eigenvalue weighted by Crippen LogP contribution is 2.15. The van der Waals surface area contributed by atoms with Crippen molar-refractivity contribution in [2.24, 2.45) is 0 Å². The van der Waals surface area contributed by atoms with Gasteiger partial charge in [0.15, 0.2) is 0 Å². The number of amides is 2. The third kappa shape index (κ3) is 5.57. The summed E-state index contributed by atoms with van der Waals surface area (Å²) in [5, 5.41) is 18.4.